The first-order chi connectivity index (χ1) is 8.61. The van der Waals surface area contributed by atoms with E-state index in [-0.39, 0.29) is 6.10 Å². The Balaban J connectivity index is 2.21. The molecule has 0 saturated heterocycles. The molecule has 1 aromatic rings. The van der Waals surface area contributed by atoms with Gasteiger partial charge in [0.2, 0.25) is 0 Å². The van der Waals surface area contributed by atoms with Crippen LogP contribution >= 0.6 is 0 Å². The Kier molecular flexibility index (Phi) is 6.20. The van der Waals surface area contributed by atoms with Crippen LogP contribution in [-0.2, 0) is 11.2 Å². The Labute approximate surface area is 109 Å². The van der Waals surface area contributed by atoms with Gasteiger partial charge in [0, 0.05) is 18.8 Å². The van der Waals surface area contributed by atoms with Gasteiger partial charge in [0.1, 0.15) is 6.10 Å². The van der Waals surface area contributed by atoms with Gasteiger partial charge in [-0.2, -0.15) is 5.26 Å². The van der Waals surface area contributed by atoms with Crippen molar-refractivity contribution >= 4 is 5.69 Å². The molecule has 1 aromatic carbocycles. The van der Waals surface area contributed by atoms with E-state index in [0.717, 1.165) is 25.2 Å². The number of nitriles is 1. The Morgan fingerprint density at radius 2 is 2.22 bits per heavy atom. The third-order valence-electron chi connectivity index (χ3n) is 2.76. The molecular formula is C14H21N3O. The van der Waals surface area contributed by atoms with Crippen LogP contribution in [0.15, 0.2) is 24.3 Å². The van der Waals surface area contributed by atoms with Gasteiger partial charge in [-0.05, 0) is 38.1 Å². The largest absolute Gasteiger partial charge is 0.399 e. The third kappa shape index (κ3) is 5.67. The van der Waals surface area contributed by atoms with Crippen molar-refractivity contribution in [1.29, 1.82) is 5.26 Å². The molecule has 0 aliphatic carbocycles. The number of nitrogen functional groups attached to an aromatic ring is 1. The van der Waals surface area contributed by atoms with Gasteiger partial charge in [0.05, 0.1) is 12.7 Å². The molecule has 1 atom stereocenters. The molecule has 98 valence electrons. The van der Waals surface area contributed by atoms with Gasteiger partial charge in [0.15, 0.2) is 0 Å². The van der Waals surface area contributed by atoms with E-state index in [1.165, 1.54) is 5.56 Å². The van der Waals surface area contributed by atoms with E-state index < -0.39 is 0 Å². The number of likely N-dealkylation sites (N-methyl/N-ethyl adjacent to an activating group) is 1. The van der Waals surface area contributed by atoms with Crippen molar-refractivity contribution in [1.82, 2.24) is 4.90 Å². The Morgan fingerprint density at radius 1 is 1.44 bits per heavy atom. The van der Waals surface area contributed by atoms with E-state index >= 15 is 0 Å². The Morgan fingerprint density at radius 3 is 2.89 bits per heavy atom. The quantitative estimate of drug-likeness (QED) is 0.744. The van der Waals surface area contributed by atoms with Crippen molar-refractivity contribution in [2.75, 3.05) is 32.5 Å². The van der Waals surface area contributed by atoms with E-state index in [0.29, 0.717) is 6.61 Å². The maximum Gasteiger partial charge on any atom is 0.141 e. The molecule has 1 unspecified atom stereocenters. The monoisotopic (exact) mass is 247 g/mol. The number of ether oxygens (including phenoxy) is 1. The van der Waals surface area contributed by atoms with Crippen LogP contribution in [0.25, 0.3) is 0 Å². The van der Waals surface area contributed by atoms with Crippen LogP contribution in [0, 0.1) is 11.3 Å². The van der Waals surface area contributed by atoms with Crippen molar-refractivity contribution in [3.05, 3.63) is 29.8 Å². The second kappa shape index (κ2) is 7.70. The van der Waals surface area contributed by atoms with Crippen LogP contribution in [-0.4, -0.2) is 37.7 Å². The molecule has 0 bridgehead atoms. The molecule has 18 heavy (non-hydrogen) atoms. The maximum atomic E-state index is 8.58. The Bertz CT molecular complexity index is 400. The second-order valence-corrected chi connectivity index (χ2v) is 4.44. The van der Waals surface area contributed by atoms with Gasteiger partial charge in [0.25, 0.3) is 0 Å². The van der Waals surface area contributed by atoms with E-state index in [4.69, 9.17) is 15.7 Å². The molecule has 0 spiro atoms. The second-order valence-electron chi connectivity index (χ2n) is 4.44. The lowest BCUT2D eigenvalue weighted by Gasteiger charge is -2.17. The Hall–Kier alpha value is -1.57. The number of hydrogen-bond donors (Lipinski definition) is 1. The van der Waals surface area contributed by atoms with Gasteiger partial charge >= 0.3 is 0 Å². The molecule has 1 rings (SSSR count). The van der Waals surface area contributed by atoms with E-state index in [1.807, 2.05) is 31.3 Å². The summed E-state index contributed by atoms with van der Waals surface area (Å²) in [7, 11) is 2.05. The minimum atomic E-state index is -0.327. The molecule has 0 heterocycles. The van der Waals surface area contributed by atoms with Crippen LogP contribution in [0.2, 0.25) is 0 Å². The lowest BCUT2D eigenvalue weighted by atomic mass is 10.1. The molecule has 0 radical (unpaired) electrons. The van der Waals surface area contributed by atoms with Gasteiger partial charge in [-0.3, -0.25) is 0 Å². The topological polar surface area (TPSA) is 62.3 Å². The summed E-state index contributed by atoms with van der Waals surface area (Å²) >= 11 is 0. The summed E-state index contributed by atoms with van der Waals surface area (Å²) in [6.45, 7) is 4.12. The zero-order chi connectivity index (χ0) is 13.4. The summed E-state index contributed by atoms with van der Waals surface area (Å²) < 4.78 is 5.31. The molecule has 4 heteroatoms. The summed E-state index contributed by atoms with van der Waals surface area (Å²) in [5, 5.41) is 8.58. The summed E-state index contributed by atoms with van der Waals surface area (Å²) in [6, 6.07) is 10.00. The zero-order valence-electron chi connectivity index (χ0n) is 11.1. The van der Waals surface area contributed by atoms with Crippen LogP contribution in [0.1, 0.15) is 12.5 Å². The minimum absolute atomic E-state index is 0.327. The van der Waals surface area contributed by atoms with E-state index in [2.05, 4.69) is 11.0 Å². The number of benzene rings is 1. The first kappa shape index (κ1) is 14.5. The molecule has 0 aliphatic heterocycles. The third-order valence-corrected chi connectivity index (χ3v) is 2.76. The van der Waals surface area contributed by atoms with Crippen LogP contribution in [0.4, 0.5) is 5.69 Å². The van der Waals surface area contributed by atoms with Crippen molar-refractivity contribution in [2.45, 2.75) is 19.4 Å². The highest BCUT2D eigenvalue weighted by Crippen LogP contribution is 2.07. The van der Waals surface area contributed by atoms with Gasteiger partial charge in [-0.15, -0.1) is 0 Å². The lowest BCUT2D eigenvalue weighted by molar-refractivity contribution is 0.0843. The molecule has 0 aromatic heterocycles. The van der Waals surface area contributed by atoms with Crippen molar-refractivity contribution in [2.24, 2.45) is 0 Å². The number of rotatable bonds is 7. The fourth-order valence-electron chi connectivity index (χ4n) is 1.60. The smallest absolute Gasteiger partial charge is 0.141 e. The van der Waals surface area contributed by atoms with Gasteiger partial charge in [-0.25, -0.2) is 0 Å². The molecule has 2 N–H and O–H groups in total. The van der Waals surface area contributed by atoms with Crippen molar-refractivity contribution in [3.63, 3.8) is 0 Å². The van der Waals surface area contributed by atoms with E-state index in [1.54, 1.807) is 6.92 Å². The SMILES string of the molecule is CC(C#N)OCCN(C)CCc1cccc(N)c1. The predicted molar refractivity (Wildman–Crippen MR) is 73.1 cm³/mol. The molecular weight excluding hydrogens is 226 g/mol. The zero-order valence-corrected chi connectivity index (χ0v) is 11.1. The number of nitrogens with zero attached hydrogens (tertiary/aromatic N) is 2. The number of anilines is 1. The molecule has 0 aliphatic rings. The first-order valence-corrected chi connectivity index (χ1v) is 6.16. The molecule has 0 amide bonds. The van der Waals surface area contributed by atoms with Crippen molar-refractivity contribution in [3.8, 4) is 6.07 Å². The van der Waals surface area contributed by atoms with Crippen LogP contribution in [0.5, 0.6) is 0 Å². The van der Waals surface area contributed by atoms with Crippen LogP contribution in [0.3, 0.4) is 0 Å². The molecule has 0 fully saturated rings. The molecule has 4 nitrogen and oxygen atoms in total. The fourth-order valence-corrected chi connectivity index (χ4v) is 1.60. The summed E-state index contributed by atoms with van der Waals surface area (Å²) in [5.74, 6) is 0. The summed E-state index contributed by atoms with van der Waals surface area (Å²) in [4.78, 5) is 2.19. The average molecular weight is 247 g/mol. The lowest BCUT2D eigenvalue weighted by Crippen LogP contribution is -2.26. The highest BCUT2D eigenvalue weighted by Gasteiger charge is 2.02. The maximum absolute atomic E-state index is 8.58. The first-order valence-electron chi connectivity index (χ1n) is 6.16. The predicted octanol–water partition coefficient (Wildman–Crippen LogP) is 1.67. The van der Waals surface area contributed by atoms with Crippen molar-refractivity contribution < 1.29 is 4.74 Å². The fraction of sp³-hybridized carbons (Fsp3) is 0.500. The summed E-state index contributed by atoms with van der Waals surface area (Å²) in [5.41, 5.74) is 7.78. The molecule has 0 saturated carbocycles. The van der Waals surface area contributed by atoms with Crippen LogP contribution < -0.4 is 5.73 Å². The van der Waals surface area contributed by atoms with E-state index in [9.17, 15) is 0 Å². The minimum Gasteiger partial charge on any atom is -0.399 e. The summed E-state index contributed by atoms with van der Waals surface area (Å²) in [6.07, 6.45) is 0.641. The highest BCUT2D eigenvalue weighted by molar-refractivity contribution is 5.40. The standard InChI is InChI=1S/C14H21N3O/c1-12(11-15)18-9-8-17(2)7-6-13-4-3-5-14(16)10-13/h3-5,10,12H,6-9,16H2,1-2H3. The van der Waals surface area contributed by atoms with Gasteiger partial charge in [-0.1, -0.05) is 12.1 Å². The number of nitrogens with two attached hydrogens (primary N) is 1. The normalized spacial score (nSPS) is 12.3. The van der Waals surface area contributed by atoms with Gasteiger partial charge < -0.3 is 15.4 Å². The average Bonchev–Trinajstić information content (AvgIpc) is 2.36. The number of hydrogen-bond acceptors (Lipinski definition) is 4. The highest BCUT2D eigenvalue weighted by atomic mass is 16.5.